The molecule has 0 aromatic heterocycles. The summed E-state index contributed by atoms with van der Waals surface area (Å²) in [6.45, 7) is 7.12. The molecule has 1 saturated heterocycles. The second kappa shape index (κ2) is 11.0. The largest absolute Gasteiger partial charge is 0.492 e. The number of Topliss-reactive ketones (excluding diaryl/α,β-unsaturated/α-hetero) is 1. The third-order valence-corrected chi connectivity index (χ3v) is 6.13. The summed E-state index contributed by atoms with van der Waals surface area (Å²) in [5.41, 5.74) is 3.46. The molecule has 1 amide bonds. The van der Waals surface area contributed by atoms with E-state index in [1.54, 1.807) is 6.92 Å². The first-order valence-corrected chi connectivity index (χ1v) is 11.7. The third kappa shape index (κ3) is 5.46. The molecule has 3 aromatic carbocycles. The molecule has 1 atom stereocenters. The standard InChI is InChI=1S/C28H31N3O3/c1-3-34-26-12-8-7-11-25(26)29-28(33)27(23-9-5-4-6-10-23)31-19-17-30(18-20-31)24-15-13-22(14-16-24)21(2)32/h4-16,27H,3,17-20H2,1-2H3,(H,29,33). The topological polar surface area (TPSA) is 61.9 Å². The van der Waals surface area contributed by atoms with Crippen molar-refractivity contribution < 1.29 is 14.3 Å². The minimum atomic E-state index is -0.405. The van der Waals surface area contributed by atoms with Crippen LogP contribution in [0.4, 0.5) is 11.4 Å². The van der Waals surface area contributed by atoms with Crippen molar-refractivity contribution in [2.45, 2.75) is 19.9 Å². The van der Waals surface area contributed by atoms with Gasteiger partial charge in [-0.25, -0.2) is 0 Å². The monoisotopic (exact) mass is 457 g/mol. The molecule has 3 aromatic rings. The maximum atomic E-state index is 13.6. The molecule has 1 heterocycles. The van der Waals surface area contributed by atoms with Gasteiger partial charge in [-0.2, -0.15) is 0 Å². The van der Waals surface area contributed by atoms with E-state index in [-0.39, 0.29) is 11.7 Å². The lowest BCUT2D eigenvalue weighted by atomic mass is 10.0. The molecule has 0 aliphatic carbocycles. The molecule has 176 valence electrons. The summed E-state index contributed by atoms with van der Waals surface area (Å²) >= 11 is 0. The van der Waals surface area contributed by atoms with E-state index in [1.807, 2.05) is 85.8 Å². The molecule has 1 fully saturated rings. The summed E-state index contributed by atoms with van der Waals surface area (Å²) < 4.78 is 5.70. The fraction of sp³-hybridized carbons (Fsp3) is 0.286. The lowest BCUT2D eigenvalue weighted by Crippen LogP contribution is -2.50. The predicted molar refractivity (Wildman–Crippen MR) is 136 cm³/mol. The number of ether oxygens (including phenoxy) is 1. The number of ketones is 1. The van der Waals surface area contributed by atoms with E-state index in [2.05, 4.69) is 15.1 Å². The van der Waals surface area contributed by atoms with Crippen LogP contribution in [0.15, 0.2) is 78.9 Å². The molecule has 1 unspecified atom stereocenters. The molecule has 6 nitrogen and oxygen atoms in total. The van der Waals surface area contributed by atoms with E-state index < -0.39 is 6.04 Å². The minimum Gasteiger partial charge on any atom is -0.492 e. The van der Waals surface area contributed by atoms with Crippen molar-refractivity contribution in [1.29, 1.82) is 0 Å². The highest BCUT2D eigenvalue weighted by molar-refractivity contribution is 5.97. The van der Waals surface area contributed by atoms with Gasteiger partial charge in [0.1, 0.15) is 11.8 Å². The first-order chi connectivity index (χ1) is 16.6. The molecular weight excluding hydrogens is 426 g/mol. The van der Waals surface area contributed by atoms with E-state index in [0.717, 1.165) is 43.0 Å². The van der Waals surface area contributed by atoms with Crippen molar-refractivity contribution in [3.05, 3.63) is 90.0 Å². The quantitative estimate of drug-likeness (QED) is 0.493. The number of rotatable bonds is 8. The number of hydrogen-bond acceptors (Lipinski definition) is 5. The lowest BCUT2D eigenvalue weighted by molar-refractivity contribution is -0.121. The van der Waals surface area contributed by atoms with Gasteiger partial charge in [0.25, 0.3) is 0 Å². The summed E-state index contributed by atoms with van der Waals surface area (Å²) in [6, 6.07) is 24.8. The van der Waals surface area contributed by atoms with Gasteiger partial charge in [-0.1, -0.05) is 42.5 Å². The second-order valence-electron chi connectivity index (χ2n) is 8.36. The van der Waals surface area contributed by atoms with Gasteiger partial charge in [0.2, 0.25) is 5.91 Å². The van der Waals surface area contributed by atoms with Crippen LogP contribution in [-0.2, 0) is 4.79 Å². The summed E-state index contributed by atoms with van der Waals surface area (Å²) in [4.78, 5) is 29.7. The molecule has 6 heteroatoms. The lowest BCUT2D eigenvalue weighted by Gasteiger charge is -2.39. The van der Waals surface area contributed by atoms with E-state index >= 15 is 0 Å². The Morgan fingerprint density at radius 2 is 1.53 bits per heavy atom. The fourth-order valence-corrected chi connectivity index (χ4v) is 4.36. The van der Waals surface area contributed by atoms with Crippen LogP contribution < -0.4 is 15.0 Å². The number of piperazine rings is 1. The van der Waals surface area contributed by atoms with Crippen LogP contribution in [0.3, 0.4) is 0 Å². The zero-order chi connectivity index (χ0) is 23.9. The Bertz CT molecular complexity index is 1110. The van der Waals surface area contributed by atoms with Crippen LogP contribution in [-0.4, -0.2) is 49.4 Å². The third-order valence-electron chi connectivity index (χ3n) is 6.13. The number of anilines is 2. The van der Waals surface area contributed by atoms with Gasteiger partial charge >= 0.3 is 0 Å². The highest BCUT2D eigenvalue weighted by Gasteiger charge is 2.31. The van der Waals surface area contributed by atoms with Crippen LogP contribution in [0.25, 0.3) is 0 Å². The van der Waals surface area contributed by atoms with E-state index in [9.17, 15) is 9.59 Å². The number of nitrogens with one attached hydrogen (secondary N) is 1. The Hall–Kier alpha value is -3.64. The Kier molecular flexibility index (Phi) is 7.60. The molecule has 4 rings (SSSR count). The van der Waals surface area contributed by atoms with Crippen LogP contribution in [0.1, 0.15) is 35.8 Å². The Balaban J connectivity index is 1.50. The molecule has 0 bridgehead atoms. The highest BCUT2D eigenvalue weighted by atomic mass is 16.5. The van der Waals surface area contributed by atoms with E-state index in [0.29, 0.717) is 18.0 Å². The normalized spacial score (nSPS) is 14.9. The van der Waals surface area contributed by atoms with Gasteiger partial charge < -0.3 is 15.0 Å². The molecule has 1 N–H and O–H groups in total. The Morgan fingerprint density at radius 3 is 2.18 bits per heavy atom. The molecular formula is C28H31N3O3. The van der Waals surface area contributed by atoms with Crippen molar-refractivity contribution in [1.82, 2.24) is 4.90 Å². The van der Waals surface area contributed by atoms with Gasteiger partial charge in [0.05, 0.1) is 12.3 Å². The maximum Gasteiger partial charge on any atom is 0.246 e. The highest BCUT2D eigenvalue weighted by Crippen LogP contribution is 2.29. The van der Waals surface area contributed by atoms with Crippen LogP contribution >= 0.6 is 0 Å². The summed E-state index contributed by atoms with van der Waals surface area (Å²) in [5.74, 6) is 0.667. The van der Waals surface area contributed by atoms with Crippen LogP contribution in [0.5, 0.6) is 5.75 Å². The van der Waals surface area contributed by atoms with Crippen LogP contribution in [0.2, 0.25) is 0 Å². The predicted octanol–water partition coefficient (Wildman–Crippen LogP) is 4.79. The number of para-hydroxylation sites is 2. The average Bonchev–Trinajstić information content (AvgIpc) is 2.87. The summed E-state index contributed by atoms with van der Waals surface area (Å²) in [7, 11) is 0. The number of amides is 1. The van der Waals surface area contributed by atoms with Gasteiger partial charge in [0, 0.05) is 37.4 Å². The Labute approximate surface area is 201 Å². The first-order valence-electron chi connectivity index (χ1n) is 11.7. The van der Waals surface area contributed by atoms with Gasteiger partial charge in [-0.05, 0) is 55.8 Å². The number of carbonyl (C=O) groups excluding carboxylic acids is 2. The molecule has 1 aliphatic heterocycles. The SMILES string of the molecule is CCOc1ccccc1NC(=O)C(c1ccccc1)N1CCN(c2ccc(C(C)=O)cc2)CC1. The number of nitrogens with zero attached hydrogens (tertiary/aromatic N) is 2. The first kappa shape index (κ1) is 23.5. The number of carbonyl (C=O) groups is 2. The van der Waals surface area contributed by atoms with Crippen molar-refractivity contribution in [2.24, 2.45) is 0 Å². The molecule has 1 aliphatic rings. The second-order valence-corrected chi connectivity index (χ2v) is 8.36. The fourth-order valence-electron chi connectivity index (χ4n) is 4.36. The van der Waals surface area contributed by atoms with Gasteiger partial charge in [-0.3, -0.25) is 14.5 Å². The zero-order valence-corrected chi connectivity index (χ0v) is 19.7. The van der Waals surface area contributed by atoms with Crippen molar-refractivity contribution in [2.75, 3.05) is 43.0 Å². The van der Waals surface area contributed by atoms with Crippen LogP contribution in [0, 0.1) is 0 Å². The van der Waals surface area contributed by atoms with Gasteiger partial charge in [-0.15, -0.1) is 0 Å². The smallest absolute Gasteiger partial charge is 0.246 e. The molecule has 0 radical (unpaired) electrons. The molecule has 34 heavy (non-hydrogen) atoms. The van der Waals surface area contributed by atoms with Gasteiger partial charge in [0.15, 0.2) is 5.78 Å². The molecule has 0 spiro atoms. The maximum absolute atomic E-state index is 13.6. The molecule has 0 saturated carbocycles. The van der Waals surface area contributed by atoms with Crippen molar-refractivity contribution in [3.8, 4) is 5.75 Å². The Morgan fingerprint density at radius 1 is 0.882 bits per heavy atom. The van der Waals surface area contributed by atoms with Crippen molar-refractivity contribution >= 4 is 23.1 Å². The zero-order valence-electron chi connectivity index (χ0n) is 19.7. The summed E-state index contributed by atoms with van der Waals surface area (Å²) in [6.07, 6.45) is 0. The van der Waals surface area contributed by atoms with E-state index in [1.165, 1.54) is 0 Å². The minimum absolute atomic E-state index is 0.0685. The average molecular weight is 458 g/mol. The number of benzene rings is 3. The number of hydrogen-bond donors (Lipinski definition) is 1. The summed E-state index contributed by atoms with van der Waals surface area (Å²) in [5, 5.41) is 3.10. The van der Waals surface area contributed by atoms with Crippen molar-refractivity contribution in [3.63, 3.8) is 0 Å². The van der Waals surface area contributed by atoms with E-state index in [4.69, 9.17) is 4.74 Å².